The first-order valence-electron chi connectivity index (χ1n) is 47.1. The minimum absolute atomic E-state index is 0.0760. The van der Waals surface area contributed by atoms with Crippen LogP contribution in [-0.4, -0.2) is 137 Å². The number of ether oxygens (including phenoxy) is 3. The molecule has 26 nitrogen and oxygen atoms in total. The van der Waals surface area contributed by atoms with E-state index in [9.17, 15) is 27.6 Å². The predicted octanol–water partition coefficient (Wildman–Crippen LogP) is 24.9. The van der Waals surface area contributed by atoms with E-state index < -0.39 is 56.3 Å². The average Bonchev–Trinajstić information content (AvgIpc) is 1.58. The van der Waals surface area contributed by atoms with Gasteiger partial charge in [0, 0.05) is 93.6 Å². The number of nitrogens with zero attached hydrogens (tertiary/aromatic N) is 13. The number of hydrogen-bond donors (Lipinski definition) is 2. The Morgan fingerprint density at radius 2 is 0.812 bits per heavy atom. The molecular formula is C110H109BrClN15O11S5Sn. The van der Waals surface area contributed by atoms with Crippen molar-refractivity contribution in [3.05, 3.63) is 348 Å². The number of thiazole rings is 3. The zero-order chi connectivity index (χ0) is 102. The molecule has 1 saturated carbocycles. The molecule has 0 amide bonds. The maximum absolute atomic E-state index is 15.3. The summed E-state index contributed by atoms with van der Waals surface area (Å²) in [6, 6.07) is 74.1. The van der Waals surface area contributed by atoms with Crippen molar-refractivity contribution >= 4 is 177 Å². The second-order valence-electron chi connectivity index (χ2n) is 34.5. The Balaban J connectivity index is 0.000000153. The van der Waals surface area contributed by atoms with Crippen molar-refractivity contribution < 1.29 is 50.2 Å². The number of nitrogens with two attached hydrogens (primary N) is 1. The number of H-pyrrole nitrogens is 1. The van der Waals surface area contributed by atoms with Gasteiger partial charge in [0.2, 0.25) is 5.24 Å². The van der Waals surface area contributed by atoms with E-state index in [1.54, 1.807) is 112 Å². The molecule has 0 unspecified atom stereocenters. The number of aromatic amines is 1. The molecule has 34 heteroatoms. The van der Waals surface area contributed by atoms with Gasteiger partial charge in [0.15, 0.2) is 5.82 Å². The molecule has 6 aromatic carbocycles. The summed E-state index contributed by atoms with van der Waals surface area (Å²) >= 11 is 9.60. The summed E-state index contributed by atoms with van der Waals surface area (Å²) in [6.45, 7) is 14.4. The average molecular weight is 2210 g/mol. The first-order valence-corrected chi connectivity index (χ1v) is 61.3. The fourth-order valence-corrected chi connectivity index (χ4v) is 40.8. The van der Waals surface area contributed by atoms with Crippen LogP contribution in [0.3, 0.4) is 0 Å². The number of unbranched alkanes of at least 4 members (excludes halogenated alkanes) is 3. The molecule has 1 fully saturated rings. The zero-order valence-corrected chi connectivity index (χ0v) is 90.4. The van der Waals surface area contributed by atoms with Crippen LogP contribution in [0.5, 0.6) is 0 Å². The number of hydrogen-bond acceptors (Lipinski definition) is 26. The molecule has 1 aliphatic carbocycles. The van der Waals surface area contributed by atoms with Gasteiger partial charge in [-0.3, -0.25) is 14.8 Å². The molecule has 0 spiro atoms. The summed E-state index contributed by atoms with van der Waals surface area (Å²) in [6.07, 6.45) is 17.9. The quantitative estimate of drug-likeness (QED) is 0.0127. The van der Waals surface area contributed by atoms with Crippen molar-refractivity contribution in [3.63, 3.8) is 0 Å². The Labute approximate surface area is 867 Å². The Hall–Kier alpha value is -13.3. The van der Waals surface area contributed by atoms with Crippen LogP contribution in [0.1, 0.15) is 140 Å². The van der Waals surface area contributed by atoms with E-state index in [1.165, 1.54) is 49.0 Å². The van der Waals surface area contributed by atoms with Crippen molar-refractivity contribution in [2.45, 2.75) is 142 Å². The zero-order valence-electron chi connectivity index (χ0n) is 81.1. The van der Waals surface area contributed by atoms with Crippen LogP contribution in [0, 0.1) is 26.7 Å². The van der Waals surface area contributed by atoms with E-state index >= 15 is 8.42 Å². The Morgan fingerprint density at radius 1 is 0.451 bits per heavy atom. The number of esters is 3. The molecule has 0 saturated heterocycles. The van der Waals surface area contributed by atoms with Crippen molar-refractivity contribution in [2.24, 2.45) is 5.92 Å². The van der Waals surface area contributed by atoms with Crippen LogP contribution < -0.4 is 19.2 Å². The number of fused-ring (bicyclic) bond motifs is 3. The third kappa shape index (κ3) is 25.2. The Bertz CT molecular complexity index is 7650. The summed E-state index contributed by atoms with van der Waals surface area (Å²) in [5, 5.41) is 10.5. The first-order chi connectivity index (χ1) is 69.7. The number of methoxy groups -OCH3 is 3. The molecule has 18 aromatic rings. The molecule has 19 rings (SSSR count). The molecule has 0 aliphatic heterocycles. The number of rotatable bonds is 33. The van der Waals surface area contributed by atoms with Gasteiger partial charge in [-0.15, -0.1) is 34.0 Å². The van der Waals surface area contributed by atoms with Gasteiger partial charge in [-0.2, -0.15) is 0 Å². The van der Waals surface area contributed by atoms with E-state index in [4.69, 9.17) is 41.5 Å². The van der Waals surface area contributed by atoms with E-state index in [0.717, 1.165) is 155 Å². The summed E-state index contributed by atoms with van der Waals surface area (Å²) in [5.74, 6) is -0.170. The van der Waals surface area contributed by atoms with E-state index in [1.807, 2.05) is 182 Å². The van der Waals surface area contributed by atoms with Crippen LogP contribution in [0.2, 0.25) is 13.3 Å². The largest absolute Gasteiger partial charge is 0.465 e. The third-order valence-electron chi connectivity index (χ3n) is 24.5. The standard InChI is InChI=1S/C38H31N5O4S2.C29H24N3O4S.C18H15N5O2S.C9H7BrN2S.C4H5ClO.3C4H9.Sn/c1-26-41-34(25-48-26)29-18-19-39-33(20-29)35-21-31-32(38(44)47-2)22-40-37(36(31)43(35)49(45,46)30-16-10-5-11-17-30)42(23-27-12-6-3-7-13-27)24-28-14-8-4-9-15-28;1-36-29(33)26-19-30-28(27-25(26)17-18-32(27)37(34,35)24-15-9-4-10-16-24)31(20-22-11-5-2-6-12-22)21-23-13-7-3-8-14-23;1-9-22-15(8-26-9)10-3-4-20-13(5-10)14-6-11-12(18(24)25-2)7-21-17(19)16(11)23-14;1-6-12-8(5-13-6)7-2-3-11-9(10)4-7;5-4(6)3-1-2-3;3*1-3-4-2;/h3-22,25H,23-24H2,1-2H3;2-17,19H,20-21H2,1H3;3-8,23H,1-2H3,(H2,19,21);2-5H,1H3;3H,1-2H2;3*1,3-4H2,2H3;. The number of aromatic nitrogens is 12. The maximum atomic E-state index is 15.3. The van der Waals surface area contributed by atoms with Gasteiger partial charge < -0.3 is 25.1 Å². The summed E-state index contributed by atoms with van der Waals surface area (Å²) in [7, 11) is -4.40. The van der Waals surface area contributed by atoms with E-state index in [2.05, 4.69) is 117 Å². The van der Waals surface area contributed by atoms with Gasteiger partial charge in [-0.25, -0.2) is 51.9 Å². The van der Waals surface area contributed by atoms with Gasteiger partial charge in [0.25, 0.3) is 10.0 Å². The van der Waals surface area contributed by atoms with Crippen LogP contribution in [0.4, 0.5) is 17.5 Å². The maximum Gasteiger partial charge on any atom is 0.340 e. The van der Waals surface area contributed by atoms with Crippen molar-refractivity contribution in [1.82, 2.24) is 57.8 Å². The predicted molar refractivity (Wildman–Crippen MR) is 582 cm³/mol. The topological polar surface area (TPSA) is 338 Å². The fraction of sp³-hybridized carbons (Fsp3) is 0.227. The number of nitrogen functional groups attached to an aromatic ring is 1. The minimum Gasteiger partial charge on any atom is -0.465 e. The van der Waals surface area contributed by atoms with E-state index in [0.29, 0.717) is 82.1 Å². The molecule has 144 heavy (non-hydrogen) atoms. The fourth-order valence-electron chi connectivity index (χ4n) is 17.1. The normalized spacial score (nSPS) is 11.8. The third-order valence-corrected chi connectivity index (χ3v) is 46.8. The number of benzene rings is 6. The van der Waals surface area contributed by atoms with Crippen LogP contribution in [0.25, 0.3) is 89.3 Å². The van der Waals surface area contributed by atoms with Crippen molar-refractivity contribution in [1.29, 1.82) is 0 Å². The number of pyridine rings is 6. The SMILES string of the molecule is CCC[CH2][Sn]([CH2]CCC)([CH2]CCC)[c]1cc2c(C(=O)OC)cnc(N(Cc3ccccc3)Cc3ccccc3)c2n1S(=O)(=O)c1ccccc1.COC(=O)c1cnc(N(Cc2ccccc2)Cc2ccccc2)c2c1cc(-c1cc(-c3csc(C)n3)ccn1)n2S(=O)(=O)c1ccccc1.COC(=O)c1cnc(N)c2[nH]c(-c3cc(-c4csc(C)n4)ccn3)cc12.Cc1nc(-c2ccnc(Br)c2)cs1.O=C(Cl)C1CC1. The molecule has 12 aromatic heterocycles. The van der Waals surface area contributed by atoms with Gasteiger partial charge in [-0.05, 0) is 133 Å². The molecular weight excluding hydrogens is 2100 g/mol. The van der Waals surface area contributed by atoms with E-state index in [-0.39, 0.29) is 43.3 Å². The first kappa shape index (κ1) is 105. The number of carbonyl (C=O) groups excluding carboxylic acids is 4. The van der Waals surface area contributed by atoms with Crippen LogP contribution >= 0.6 is 61.5 Å². The van der Waals surface area contributed by atoms with Crippen LogP contribution in [-0.2, 0) is 65.2 Å². The molecule has 0 radical (unpaired) electrons. The minimum atomic E-state index is -4.28. The van der Waals surface area contributed by atoms with Gasteiger partial charge in [0.1, 0.15) is 15.9 Å². The molecule has 12 heterocycles. The van der Waals surface area contributed by atoms with Crippen LogP contribution in [0.15, 0.2) is 304 Å². The van der Waals surface area contributed by atoms with Gasteiger partial charge in [-0.1, -0.05) is 78.9 Å². The van der Waals surface area contributed by atoms with Crippen molar-refractivity contribution in [3.8, 4) is 56.5 Å². The number of halogens is 2. The second kappa shape index (κ2) is 48.8. The Morgan fingerprint density at radius 3 is 1.19 bits per heavy atom. The molecule has 0 atom stereocenters. The Kier molecular flexibility index (Phi) is 35.6. The van der Waals surface area contributed by atoms with Gasteiger partial charge in [0.05, 0.1) is 90.6 Å². The van der Waals surface area contributed by atoms with Gasteiger partial charge >= 0.3 is 316 Å². The monoisotopic (exact) mass is 2210 g/mol. The smallest absolute Gasteiger partial charge is 0.340 e. The van der Waals surface area contributed by atoms with Crippen molar-refractivity contribution in [2.75, 3.05) is 36.9 Å². The molecule has 0 bridgehead atoms. The molecule has 3 N–H and O–H groups in total. The number of anilines is 3. The summed E-state index contributed by atoms with van der Waals surface area (Å²) in [4.78, 5) is 96.9. The number of aryl methyl sites for hydroxylation is 3. The number of carbonyl (C=O) groups is 4. The molecule has 738 valence electrons. The summed E-state index contributed by atoms with van der Waals surface area (Å²) < 4.78 is 83.4. The molecule has 1 aliphatic rings. The second-order valence-corrected chi connectivity index (χ2v) is 55.5. The summed E-state index contributed by atoms with van der Waals surface area (Å²) in [5.41, 5.74) is 19.8. The number of nitrogens with one attached hydrogen (secondary N) is 1.